The Morgan fingerprint density at radius 1 is 1.27 bits per heavy atom. The molecule has 1 N–H and O–H groups in total. The van der Waals surface area contributed by atoms with Crippen LogP contribution in [0.5, 0.6) is 11.5 Å². The summed E-state index contributed by atoms with van der Waals surface area (Å²) in [7, 11) is 0. The van der Waals surface area contributed by atoms with E-state index >= 15 is 0 Å². The van der Waals surface area contributed by atoms with E-state index in [9.17, 15) is 8.78 Å². The molecule has 1 aromatic carbocycles. The van der Waals surface area contributed by atoms with Gasteiger partial charge in [-0.05, 0) is 24.5 Å². The molecule has 0 atom stereocenters. The van der Waals surface area contributed by atoms with Crippen molar-refractivity contribution in [2.75, 3.05) is 6.61 Å². The van der Waals surface area contributed by atoms with Gasteiger partial charge in [-0.2, -0.15) is 0 Å². The van der Waals surface area contributed by atoms with Crippen LogP contribution in [-0.2, 0) is 6.42 Å². The standard InChI is InChI=1S/C10H10F2O3/c11-10(12)14-8-5-1-3-7(4-2-6-13)9(8)15-10/h1,3,5,13H,2,4,6H2. The molecule has 0 saturated carbocycles. The van der Waals surface area contributed by atoms with E-state index in [4.69, 9.17) is 5.11 Å². The topological polar surface area (TPSA) is 38.7 Å². The summed E-state index contributed by atoms with van der Waals surface area (Å²) in [5.74, 6) is 0.131. The lowest BCUT2D eigenvalue weighted by molar-refractivity contribution is -0.286. The minimum atomic E-state index is -3.57. The predicted octanol–water partition coefficient (Wildman–Crippen LogP) is 1.93. The SMILES string of the molecule is OCCCc1cccc2c1OC(F)(F)O2. The Balaban J connectivity index is 2.25. The van der Waals surface area contributed by atoms with Gasteiger partial charge in [0.2, 0.25) is 0 Å². The molecule has 0 radical (unpaired) electrons. The molecule has 0 unspecified atom stereocenters. The molecule has 1 aliphatic heterocycles. The molecule has 3 nitrogen and oxygen atoms in total. The van der Waals surface area contributed by atoms with Gasteiger partial charge in [-0.3, -0.25) is 0 Å². The van der Waals surface area contributed by atoms with Crippen molar-refractivity contribution in [1.82, 2.24) is 0 Å². The lowest BCUT2D eigenvalue weighted by Crippen LogP contribution is -2.26. The van der Waals surface area contributed by atoms with E-state index in [0.717, 1.165) is 0 Å². The van der Waals surface area contributed by atoms with Crippen LogP contribution >= 0.6 is 0 Å². The normalized spacial score (nSPS) is 16.7. The summed E-state index contributed by atoms with van der Waals surface area (Å²) < 4.78 is 34.2. The summed E-state index contributed by atoms with van der Waals surface area (Å²) in [5, 5.41) is 8.66. The van der Waals surface area contributed by atoms with Crippen LogP contribution < -0.4 is 9.47 Å². The van der Waals surface area contributed by atoms with Gasteiger partial charge in [0.15, 0.2) is 11.5 Å². The number of hydrogen-bond donors (Lipinski definition) is 1. The van der Waals surface area contributed by atoms with Gasteiger partial charge in [-0.25, -0.2) is 0 Å². The third kappa shape index (κ3) is 2.02. The second-order valence-corrected chi connectivity index (χ2v) is 3.24. The number of halogens is 2. The Kier molecular flexibility index (Phi) is 2.48. The first kappa shape index (κ1) is 10.2. The largest absolute Gasteiger partial charge is 0.586 e. The van der Waals surface area contributed by atoms with Crippen LogP contribution in [0.15, 0.2) is 18.2 Å². The molecule has 5 heteroatoms. The van der Waals surface area contributed by atoms with Gasteiger partial charge in [0.05, 0.1) is 0 Å². The highest BCUT2D eigenvalue weighted by Crippen LogP contribution is 2.43. The van der Waals surface area contributed by atoms with Crippen molar-refractivity contribution in [2.24, 2.45) is 0 Å². The summed E-state index contributed by atoms with van der Waals surface area (Å²) in [4.78, 5) is 0. The van der Waals surface area contributed by atoms with Crippen LogP contribution in [-0.4, -0.2) is 18.0 Å². The second kappa shape index (κ2) is 3.66. The Morgan fingerprint density at radius 2 is 2.07 bits per heavy atom. The molecule has 0 aliphatic carbocycles. The van der Waals surface area contributed by atoms with Gasteiger partial charge in [0.1, 0.15) is 0 Å². The van der Waals surface area contributed by atoms with E-state index in [1.54, 1.807) is 12.1 Å². The van der Waals surface area contributed by atoms with Gasteiger partial charge < -0.3 is 14.6 Å². The van der Waals surface area contributed by atoms with Crippen molar-refractivity contribution < 1.29 is 23.4 Å². The lowest BCUT2D eigenvalue weighted by atomic mass is 10.1. The first-order valence-corrected chi connectivity index (χ1v) is 4.61. The van der Waals surface area contributed by atoms with Crippen LogP contribution in [0.2, 0.25) is 0 Å². The summed E-state index contributed by atoms with van der Waals surface area (Å²) in [6.07, 6.45) is -2.58. The van der Waals surface area contributed by atoms with Crippen LogP contribution in [0, 0.1) is 0 Å². The van der Waals surface area contributed by atoms with Crippen LogP contribution in [0.3, 0.4) is 0 Å². The molecule has 1 aliphatic rings. The number of aryl methyl sites for hydroxylation is 1. The first-order valence-electron chi connectivity index (χ1n) is 4.61. The van der Waals surface area contributed by atoms with Gasteiger partial charge in [0, 0.05) is 6.61 Å². The highest BCUT2D eigenvalue weighted by atomic mass is 19.3. The maximum atomic E-state index is 12.7. The fourth-order valence-corrected chi connectivity index (χ4v) is 1.49. The summed E-state index contributed by atoms with van der Waals surface area (Å²) in [6.45, 7) is 0.0148. The maximum Gasteiger partial charge on any atom is 0.586 e. The molecular weight excluding hydrogens is 206 g/mol. The predicted molar refractivity (Wildman–Crippen MR) is 48.1 cm³/mol. The molecular formula is C10H10F2O3. The fourth-order valence-electron chi connectivity index (χ4n) is 1.49. The molecule has 0 fully saturated rings. The number of ether oxygens (including phenoxy) is 2. The number of hydrogen-bond acceptors (Lipinski definition) is 3. The van der Waals surface area contributed by atoms with Gasteiger partial charge in [-0.1, -0.05) is 12.1 Å². The first-order chi connectivity index (χ1) is 7.12. The summed E-state index contributed by atoms with van der Waals surface area (Å²) >= 11 is 0. The van der Waals surface area contributed by atoms with Crippen LogP contribution in [0.25, 0.3) is 0 Å². The fraction of sp³-hybridized carbons (Fsp3) is 0.400. The number of para-hydroxylation sites is 1. The molecule has 0 bridgehead atoms. The van der Waals surface area contributed by atoms with E-state index in [0.29, 0.717) is 18.4 Å². The zero-order chi connectivity index (χ0) is 10.9. The maximum absolute atomic E-state index is 12.7. The zero-order valence-corrected chi connectivity index (χ0v) is 7.87. The smallest absolute Gasteiger partial charge is 0.396 e. The lowest BCUT2D eigenvalue weighted by Gasteiger charge is -2.06. The van der Waals surface area contributed by atoms with Gasteiger partial charge in [-0.15, -0.1) is 8.78 Å². The average Bonchev–Trinajstić information content (AvgIpc) is 2.49. The second-order valence-electron chi connectivity index (χ2n) is 3.24. The minimum Gasteiger partial charge on any atom is -0.396 e. The molecule has 82 valence electrons. The number of aliphatic hydroxyl groups is 1. The van der Waals surface area contributed by atoms with E-state index in [1.165, 1.54) is 6.07 Å². The van der Waals surface area contributed by atoms with Crippen molar-refractivity contribution in [3.05, 3.63) is 23.8 Å². The molecule has 0 saturated heterocycles. The van der Waals surface area contributed by atoms with Crippen LogP contribution in [0.4, 0.5) is 8.78 Å². The minimum absolute atomic E-state index is 0.0148. The van der Waals surface area contributed by atoms with Crippen molar-refractivity contribution in [3.63, 3.8) is 0 Å². The average molecular weight is 216 g/mol. The number of rotatable bonds is 3. The number of aliphatic hydroxyl groups excluding tert-OH is 1. The molecule has 0 amide bonds. The van der Waals surface area contributed by atoms with E-state index in [1.807, 2.05) is 0 Å². The Morgan fingerprint density at radius 3 is 2.80 bits per heavy atom. The molecule has 15 heavy (non-hydrogen) atoms. The van der Waals surface area contributed by atoms with E-state index in [-0.39, 0.29) is 18.1 Å². The zero-order valence-electron chi connectivity index (χ0n) is 7.87. The highest BCUT2D eigenvalue weighted by molar-refractivity contribution is 5.48. The van der Waals surface area contributed by atoms with Crippen molar-refractivity contribution in [3.8, 4) is 11.5 Å². The monoisotopic (exact) mass is 216 g/mol. The molecule has 1 heterocycles. The summed E-state index contributed by atoms with van der Waals surface area (Å²) in [5.41, 5.74) is 0.624. The molecule has 2 rings (SSSR count). The van der Waals surface area contributed by atoms with Crippen molar-refractivity contribution >= 4 is 0 Å². The van der Waals surface area contributed by atoms with E-state index < -0.39 is 6.29 Å². The van der Waals surface area contributed by atoms with E-state index in [2.05, 4.69) is 9.47 Å². The molecule has 0 spiro atoms. The highest BCUT2D eigenvalue weighted by Gasteiger charge is 2.44. The Labute approximate surface area is 85.2 Å². The Hall–Kier alpha value is -1.36. The third-order valence-corrected chi connectivity index (χ3v) is 2.11. The van der Waals surface area contributed by atoms with Crippen molar-refractivity contribution in [2.45, 2.75) is 19.1 Å². The molecule has 0 aromatic heterocycles. The number of fused-ring (bicyclic) bond motifs is 1. The van der Waals surface area contributed by atoms with Gasteiger partial charge >= 0.3 is 6.29 Å². The quantitative estimate of drug-likeness (QED) is 0.839. The number of alkyl halides is 2. The summed E-state index contributed by atoms with van der Waals surface area (Å²) in [6, 6.07) is 4.73. The number of benzene rings is 1. The van der Waals surface area contributed by atoms with Crippen LogP contribution in [0.1, 0.15) is 12.0 Å². The molecule has 1 aromatic rings. The Bertz CT molecular complexity index is 366. The third-order valence-electron chi connectivity index (χ3n) is 2.11. The van der Waals surface area contributed by atoms with Crippen molar-refractivity contribution in [1.29, 1.82) is 0 Å². The van der Waals surface area contributed by atoms with Gasteiger partial charge in [0.25, 0.3) is 0 Å².